The summed E-state index contributed by atoms with van der Waals surface area (Å²) in [5, 5.41) is 0. The van der Waals surface area contributed by atoms with Gasteiger partial charge in [0.15, 0.2) is 6.29 Å². The van der Waals surface area contributed by atoms with Gasteiger partial charge in [0.05, 0.1) is 0 Å². The van der Waals surface area contributed by atoms with Crippen molar-refractivity contribution in [1.82, 2.24) is 0 Å². The molecular formula is C16H34O2. The molecule has 0 saturated carbocycles. The van der Waals surface area contributed by atoms with E-state index in [1.54, 1.807) is 0 Å². The first-order chi connectivity index (χ1) is 8.49. The lowest BCUT2D eigenvalue weighted by molar-refractivity contribution is -0.146. The maximum Gasteiger partial charge on any atom is 0.157 e. The Labute approximate surface area is 114 Å². The molecule has 2 nitrogen and oxygen atoms in total. The number of unbranched alkanes of at least 4 members (excludes halogenated alkanes) is 2. The minimum absolute atomic E-state index is 0.0273. The first-order valence-electron chi connectivity index (χ1n) is 7.72. The zero-order chi connectivity index (χ0) is 13.9. The van der Waals surface area contributed by atoms with Gasteiger partial charge in [-0.2, -0.15) is 0 Å². The normalized spacial score (nSPS) is 12.3. The van der Waals surface area contributed by atoms with Gasteiger partial charge in [-0.1, -0.05) is 47.5 Å². The molecule has 0 saturated heterocycles. The number of rotatable bonds is 11. The summed E-state index contributed by atoms with van der Waals surface area (Å²) >= 11 is 0. The first-order valence-corrected chi connectivity index (χ1v) is 7.72. The molecule has 0 aromatic heterocycles. The van der Waals surface area contributed by atoms with Crippen LogP contribution in [0.2, 0.25) is 0 Å². The van der Waals surface area contributed by atoms with Crippen molar-refractivity contribution in [2.45, 2.75) is 85.9 Å². The standard InChI is InChI=1S/C16H34O2/c1-6-13-17-15(18-14-7-2)11-9-8-10-12-16(3,4)5/h15H,6-14H2,1-5H3. The van der Waals surface area contributed by atoms with Crippen molar-refractivity contribution in [3.05, 3.63) is 0 Å². The molecule has 0 atom stereocenters. The van der Waals surface area contributed by atoms with Gasteiger partial charge in [0.25, 0.3) is 0 Å². The van der Waals surface area contributed by atoms with E-state index in [0.717, 1.165) is 32.5 Å². The second-order valence-electron chi connectivity index (χ2n) is 6.33. The van der Waals surface area contributed by atoms with E-state index in [1.807, 2.05) is 0 Å². The highest BCUT2D eigenvalue weighted by Crippen LogP contribution is 2.22. The third-order valence-corrected chi connectivity index (χ3v) is 2.88. The Bertz CT molecular complexity index is 164. The largest absolute Gasteiger partial charge is 0.353 e. The van der Waals surface area contributed by atoms with Crippen molar-refractivity contribution in [2.75, 3.05) is 13.2 Å². The summed E-state index contributed by atoms with van der Waals surface area (Å²) in [6.45, 7) is 12.8. The molecule has 2 heteroatoms. The lowest BCUT2D eigenvalue weighted by Gasteiger charge is -2.19. The van der Waals surface area contributed by atoms with Gasteiger partial charge in [-0.15, -0.1) is 0 Å². The fourth-order valence-corrected chi connectivity index (χ4v) is 1.86. The lowest BCUT2D eigenvalue weighted by Crippen LogP contribution is -2.18. The van der Waals surface area contributed by atoms with Crippen molar-refractivity contribution < 1.29 is 9.47 Å². The number of hydrogen-bond acceptors (Lipinski definition) is 2. The van der Waals surface area contributed by atoms with Gasteiger partial charge in [-0.3, -0.25) is 0 Å². The Morgan fingerprint density at radius 2 is 1.39 bits per heavy atom. The fraction of sp³-hybridized carbons (Fsp3) is 1.00. The molecule has 0 aromatic carbocycles. The predicted molar refractivity (Wildman–Crippen MR) is 78.8 cm³/mol. The number of hydrogen-bond donors (Lipinski definition) is 0. The molecule has 0 aliphatic rings. The molecule has 0 rings (SSSR count). The van der Waals surface area contributed by atoms with Crippen molar-refractivity contribution >= 4 is 0 Å². The van der Waals surface area contributed by atoms with E-state index < -0.39 is 0 Å². The van der Waals surface area contributed by atoms with Crippen LogP contribution in [0.15, 0.2) is 0 Å². The lowest BCUT2D eigenvalue weighted by atomic mass is 9.89. The third-order valence-electron chi connectivity index (χ3n) is 2.88. The van der Waals surface area contributed by atoms with Crippen LogP contribution in [-0.4, -0.2) is 19.5 Å². The molecule has 0 aromatic rings. The summed E-state index contributed by atoms with van der Waals surface area (Å²) in [4.78, 5) is 0. The van der Waals surface area contributed by atoms with Crippen LogP contribution in [0.4, 0.5) is 0 Å². The van der Waals surface area contributed by atoms with Crippen LogP contribution in [0, 0.1) is 5.41 Å². The summed E-state index contributed by atoms with van der Waals surface area (Å²) in [6, 6.07) is 0. The summed E-state index contributed by atoms with van der Waals surface area (Å²) in [5.41, 5.74) is 0.469. The molecule has 0 amide bonds. The Balaban J connectivity index is 3.61. The molecule has 18 heavy (non-hydrogen) atoms. The van der Waals surface area contributed by atoms with Crippen LogP contribution in [0.25, 0.3) is 0 Å². The van der Waals surface area contributed by atoms with Gasteiger partial charge in [-0.25, -0.2) is 0 Å². The minimum Gasteiger partial charge on any atom is -0.353 e. The Kier molecular flexibility index (Phi) is 10.8. The molecule has 0 unspecified atom stereocenters. The molecule has 0 N–H and O–H groups in total. The molecule has 0 fully saturated rings. The third kappa shape index (κ3) is 12.4. The second-order valence-corrected chi connectivity index (χ2v) is 6.33. The molecule has 110 valence electrons. The van der Waals surface area contributed by atoms with Crippen molar-refractivity contribution in [3.8, 4) is 0 Å². The van der Waals surface area contributed by atoms with Gasteiger partial charge in [0, 0.05) is 13.2 Å². The fourth-order valence-electron chi connectivity index (χ4n) is 1.86. The molecule has 0 radical (unpaired) electrons. The molecule has 0 heterocycles. The van der Waals surface area contributed by atoms with Gasteiger partial charge in [-0.05, 0) is 37.5 Å². The molecule has 0 aliphatic carbocycles. The Morgan fingerprint density at radius 1 is 0.833 bits per heavy atom. The molecule has 0 spiro atoms. The van der Waals surface area contributed by atoms with E-state index in [0.29, 0.717) is 5.41 Å². The predicted octanol–water partition coefficient (Wildman–Crippen LogP) is 5.16. The van der Waals surface area contributed by atoms with E-state index in [4.69, 9.17) is 9.47 Å². The second kappa shape index (κ2) is 10.8. The molecule has 0 aliphatic heterocycles. The Morgan fingerprint density at radius 3 is 1.83 bits per heavy atom. The van der Waals surface area contributed by atoms with Gasteiger partial charge >= 0.3 is 0 Å². The maximum absolute atomic E-state index is 5.72. The maximum atomic E-state index is 5.72. The van der Waals surface area contributed by atoms with Crippen molar-refractivity contribution in [1.29, 1.82) is 0 Å². The van der Waals surface area contributed by atoms with E-state index in [1.165, 1.54) is 25.7 Å². The highest BCUT2D eigenvalue weighted by atomic mass is 16.7. The summed E-state index contributed by atoms with van der Waals surface area (Å²) in [6.07, 6.45) is 8.34. The molecule has 0 bridgehead atoms. The highest BCUT2D eigenvalue weighted by Gasteiger charge is 2.11. The monoisotopic (exact) mass is 258 g/mol. The Hall–Kier alpha value is -0.0800. The van der Waals surface area contributed by atoms with Crippen LogP contribution in [0.1, 0.15) is 79.6 Å². The summed E-state index contributed by atoms with van der Waals surface area (Å²) in [5.74, 6) is 0. The van der Waals surface area contributed by atoms with Gasteiger partial charge < -0.3 is 9.47 Å². The van der Waals surface area contributed by atoms with Crippen LogP contribution in [-0.2, 0) is 9.47 Å². The topological polar surface area (TPSA) is 18.5 Å². The smallest absolute Gasteiger partial charge is 0.157 e. The van der Waals surface area contributed by atoms with E-state index in [9.17, 15) is 0 Å². The summed E-state index contributed by atoms with van der Waals surface area (Å²) in [7, 11) is 0. The zero-order valence-corrected chi connectivity index (χ0v) is 13.3. The highest BCUT2D eigenvalue weighted by molar-refractivity contribution is 4.61. The van der Waals surface area contributed by atoms with Gasteiger partial charge in [0.1, 0.15) is 0 Å². The SMILES string of the molecule is CCCOC(CCCCCC(C)(C)C)OCCC. The summed E-state index contributed by atoms with van der Waals surface area (Å²) < 4.78 is 11.4. The average Bonchev–Trinajstić information content (AvgIpc) is 2.29. The minimum atomic E-state index is 0.0273. The number of ether oxygens (including phenoxy) is 2. The van der Waals surface area contributed by atoms with Gasteiger partial charge in [0.2, 0.25) is 0 Å². The molecular weight excluding hydrogens is 224 g/mol. The van der Waals surface area contributed by atoms with E-state index in [-0.39, 0.29) is 6.29 Å². The van der Waals surface area contributed by atoms with E-state index in [2.05, 4.69) is 34.6 Å². The van der Waals surface area contributed by atoms with E-state index >= 15 is 0 Å². The van der Waals surface area contributed by atoms with Crippen LogP contribution >= 0.6 is 0 Å². The van der Waals surface area contributed by atoms with Crippen molar-refractivity contribution in [3.63, 3.8) is 0 Å². The van der Waals surface area contributed by atoms with Crippen LogP contribution in [0.3, 0.4) is 0 Å². The van der Waals surface area contributed by atoms with Crippen molar-refractivity contribution in [2.24, 2.45) is 5.41 Å². The van der Waals surface area contributed by atoms with Crippen LogP contribution < -0.4 is 0 Å². The average molecular weight is 258 g/mol. The zero-order valence-electron chi connectivity index (χ0n) is 13.3. The first kappa shape index (κ1) is 17.9. The van der Waals surface area contributed by atoms with Crippen LogP contribution in [0.5, 0.6) is 0 Å². The quantitative estimate of drug-likeness (QED) is 0.376.